The van der Waals surface area contributed by atoms with E-state index < -0.39 is 5.97 Å². The van der Waals surface area contributed by atoms with Crippen molar-refractivity contribution in [2.45, 2.75) is 6.92 Å². The molecule has 0 unspecified atom stereocenters. The molecule has 0 aliphatic heterocycles. The number of ketones is 1. The number of pyridine rings is 1. The molecule has 0 saturated heterocycles. The van der Waals surface area contributed by atoms with Crippen LogP contribution in [0.1, 0.15) is 27.8 Å². The summed E-state index contributed by atoms with van der Waals surface area (Å²) in [7, 11) is 1.31. The molecule has 0 aliphatic carbocycles. The van der Waals surface area contributed by atoms with Gasteiger partial charge in [0, 0.05) is 17.1 Å². The Morgan fingerprint density at radius 2 is 2.11 bits per heavy atom. The minimum Gasteiger partial charge on any atom is -0.464 e. The Labute approximate surface area is 107 Å². The van der Waals surface area contributed by atoms with Gasteiger partial charge in [-0.25, -0.2) is 9.78 Å². The van der Waals surface area contributed by atoms with Crippen molar-refractivity contribution in [3.63, 3.8) is 0 Å². The van der Waals surface area contributed by atoms with Crippen LogP contribution < -0.4 is 0 Å². The van der Waals surface area contributed by atoms with Crippen molar-refractivity contribution in [3.05, 3.63) is 35.0 Å². The summed E-state index contributed by atoms with van der Waals surface area (Å²) >= 11 is 1.30. The highest BCUT2D eigenvalue weighted by molar-refractivity contribution is 7.13. The number of hydrogen-bond donors (Lipinski definition) is 0. The smallest absolute Gasteiger partial charge is 0.357 e. The fourth-order valence-corrected chi connectivity index (χ4v) is 2.08. The topological polar surface area (TPSA) is 69.2 Å². The second-order valence-corrected chi connectivity index (χ2v) is 4.38. The van der Waals surface area contributed by atoms with E-state index in [4.69, 9.17) is 0 Å². The second kappa shape index (κ2) is 5.05. The largest absolute Gasteiger partial charge is 0.464 e. The summed E-state index contributed by atoms with van der Waals surface area (Å²) < 4.78 is 4.58. The van der Waals surface area contributed by atoms with E-state index in [0.717, 1.165) is 0 Å². The van der Waals surface area contributed by atoms with Crippen molar-refractivity contribution >= 4 is 23.1 Å². The highest BCUT2D eigenvalue weighted by Crippen LogP contribution is 2.22. The molecule has 6 heteroatoms. The van der Waals surface area contributed by atoms with E-state index >= 15 is 0 Å². The van der Waals surface area contributed by atoms with E-state index in [9.17, 15) is 9.59 Å². The summed E-state index contributed by atoms with van der Waals surface area (Å²) in [6.07, 6.45) is 1.50. The van der Waals surface area contributed by atoms with Gasteiger partial charge in [-0.15, -0.1) is 11.3 Å². The fourth-order valence-electron chi connectivity index (χ4n) is 1.32. The van der Waals surface area contributed by atoms with Gasteiger partial charge in [-0.05, 0) is 19.1 Å². The predicted octanol–water partition coefficient (Wildman–Crippen LogP) is 2.19. The zero-order chi connectivity index (χ0) is 13.1. The molecule has 2 rings (SSSR count). The quantitative estimate of drug-likeness (QED) is 0.626. The van der Waals surface area contributed by atoms with E-state index in [2.05, 4.69) is 14.7 Å². The first kappa shape index (κ1) is 12.4. The van der Waals surface area contributed by atoms with Gasteiger partial charge in [-0.2, -0.15) is 0 Å². The van der Waals surface area contributed by atoms with Crippen molar-refractivity contribution in [3.8, 4) is 10.7 Å². The van der Waals surface area contributed by atoms with Crippen molar-refractivity contribution in [1.29, 1.82) is 0 Å². The summed E-state index contributed by atoms with van der Waals surface area (Å²) in [5.74, 6) is -0.513. The van der Waals surface area contributed by atoms with Crippen molar-refractivity contribution < 1.29 is 14.3 Å². The summed E-state index contributed by atoms with van der Waals surface area (Å²) in [5, 5.41) is 2.23. The molecule has 0 fully saturated rings. The number of esters is 1. The lowest BCUT2D eigenvalue weighted by atomic mass is 10.2. The molecule has 0 spiro atoms. The third-order valence-corrected chi connectivity index (χ3v) is 3.15. The zero-order valence-electron chi connectivity index (χ0n) is 9.84. The first-order chi connectivity index (χ1) is 8.61. The standard InChI is InChI=1S/C12H10N2O3S/c1-7(15)8-3-4-9(13-5-8)11-14-10(6-18-11)12(16)17-2/h3-6H,1-2H3. The number of carbonyl (C=O) groups excluding carboxylic acids is 2. The van der Waals surface area contributed by atoms with Crippen LogP contribution >= 0.6 is 11.3 Å². The summed E-state index contributed by atoms with van der Waals surface area (Å²) in [4.78, 5) is 30.6. The number of methoxy groups -OCH3 is 1. The lowest BCUT2D eigenvalue weighted by molar-refractivity contribution is 0.0595. The lowest BCUT2D eigenvalue weighted by Crippen LogP contribution is -2.01. The van der Waals surface area contributed by atoms with Gasteiger partial charge in [0.1, 0.15) is 5.01 Å². The molecule has 5 nitrogen and oxygen atoms in total. The number of thiazole rings is 1. The van der Waals surface area contributed by atoms with Gasteiger partial charge in [0.25, 0.3) is 0 Å². The van der Waals surface area contributed by atoms with E-state index in [1.54, 1.807) is 17.5 Å². The number of ether oxygens (including phenoxy) is 1. The first-order valence-corrected chi connectivity index (χ1v) is 6.01. The van der Waals surface area contributed by atoms with Gasteiger partial charge >= 0.3 is 5.97 Å². The number of nitrogens with zero attached hydrogens (tertiary/aromatic N) is 2. The molecule has 18 heavy (non-hydrogen) atoms. The van der Waals surface area contributed by atoms with Gasteiger partial charge in [0.15, 0.2) is 11.5 Å². The van der Waals surface area contributed by atoms with Gasteiger partial charge < -0.3 is 4.74 Å². The number of carbonyl (C=O) groups is 2. The molecule has 0 aliphatic rings. The van der Waals surface area contributed by atoms with Crippen LogP contribution in [-0.2, 0) is 4.74 Å². The molecule has 0 bridgehead atoms. The molecular formula is C12H10N2O3S. The molecule has 0 saturated carbocycles. The normalized spacial score (nSPS) is 10.1. The van der Waals surface area contributed by atoms with Crippen LogP contribution in [0.3, 0.4) is 0 Å². The lowest BCUT2D eigenvalue weighted by Gasteiger charge is -1.97. The minimum atomic E-state index is -0.474. The van der Waals surface area contributed by atoms with Crippen LogP contribution in [-0.4, -0.2) is 28.8 Å². The molecule has 0 N–H and O–H groups in total. The van der Waals surface area contributed by atoms with Crippen molar-refractivity contribution in [2.75, 3.05) is 7.11 Å². The highest BCUT2D eigenvalue weighted by atomic mass is 32.1. The number of Topliss-reactive ketones (excluding diaryl/α,β-unsaturated/α-hetero) is 1. The highest BCUT2D eigenvalue weighted by Gasteiger charge is 2.12. The van der Waals surface area contributed by atoms with Crippen LogP contribution in [0.5, 0.6) is 0 Å². The molecule has 0 radical (unpaired) electrons. The minimum absolute atomic E-state index is 0.0385. The van der Waals surface area contributed by atoms with E-state index in [0.29, 0.717) is 16.3 Å². The van der Waals surface area contributed by atoms with Gasteiger partial charge in [0.2, 0.25) is 0 Å². The Morgan fingerprint density at radius 1 is 1.33 bits per heavy atom. The summed E-state index contributed by atoms with van der Waals surface area (Å²) in [6, 6.07) is 3.39. The monoisotopic (exact) mass is 262 g/mol. The van der Waals surface area contributed by atoms with E-state index in [-0.39, 0.29) is 11.5 Å². The van der Waals surface area contributed by atoms with Gasteiger partial charge in [-0.1, -0.05) is 0 Å². The molecule has 0 amide bonds. The maximum atomic E-state index is 11.3. The Morgan fingerprint density at radius 3 is 2.67 bits per heavy atom. The van der Waals surface area contributed by atoms with Crippen molar-refractivity contribution in [1.82, 2.24) is 9.97 Å². The SMILES string of the molecule is COC(=O)c1csc(-c2ccc(C(C)=O)cn2)n1. The molecule has 0 aromatic carbocycles. The number of hydrogen-bond acceptors (Lipinski definition) is 6. The van der Waals surface area contributed by atoms with E-state index in [1.807, 2.05) is 0 Å². The van der Waals surface area contributed by atoms with Crippen LogP contribution in [0.2, 0.25) is 0 Å². The predicted molar refractivity (Wildman–Crippen MR) is 66.7 cm³/mol. The molecule has 92 valence electrons. The Kier molecular flexibility index (Phi) is 3.47. The average Bonchev–Trinajstić information content (AvgIpc) is 2.87. The number of aromatic nitrogens is 2. The zero-order valence-corrected chi connectivity index (χ0v) is 10.7. The maximum absolute atomic E-state index is 11.3. The molecular weight excluding hydrogens is 252 g/mol. The molecule has 2 heterocycles. The average molecular weight is 262 g/mol. The Bertz CT molecular complexity index is 590. The van der Waals surface area contributed by atoms with Crippen LogP contribution in [0, 0.1) is 0 Å². The number of rotatable bonds is 3. The summed E-state index contributed by atoms with van der Waals surface area (Å²) in [6.45, 7) is 1.48. The van der Waals surface area contributed by atoms with Gasteiger partial charge in [0.05, 0.1) is 12.8 Å². The van der Waals surface area contributed by atoms with Crippen LogP contribution in [0.4, 0.5) is 0 Å². The van der Waals surface area contributed by atoms with Crippen LogP contribution in [0.25, 0.3) is 10.7 Å². The fraction of sp³-hybridized carbons (Fsp3) is 0.167. The summed E-state index contributed by atoms with van der Waals surface area (Å²) in [5.41, 5.74) is 1.43. The Hall–Kier alpha value is -2.08. The molecule has 0 atom stereocenters. The maximum Gasteiger partial charge on any atom is 0.357 e. The molecule has 2 aromatic rings. The van der Waals surface area contributed by atoms with Gasteiger partial charge in [-0.3, -0.25) is 9.78 Å². The first-order valence-electron chi connectivity index (χ1n) is 5.13. The third kappa shape index (κ3) is 2.43. The molecule has 2 aromatic heterocycles. The second-order valence-electron chi connectivity index (χ2n) is 3.52. The van der Waals surface area contributed by atoms with E-state index in [1.165, 1.54) is 31.6 Å². The van der Waals surface area contributed by atoms with Crippen molar-refractivity contribution in [2.24, 2.45) is 0 Å². The third-order valence-electron chi connectivity index (χ3n) is 2.29. The Balaban J connectivity index is 2.29. The van der Waals surface area contributed by atoms with Crippen LogP contribution in [0.15, 0.2) is 23.7 Å².